The molecule has 0 aliphatic heterocycles. The van der Waals surface area contributed by atoms with Crippen molar-refractivity contribution in [2.75, 3.05) is 0 Å². The Hall–Kier alpha value is 0.150. The Labute approximate surface area is 82.0 Å². The van der Waals surface area contributed by atoms with Crippen molar-refractivity contribution in [1.82, 2.24) is 0 Å². The van der Waals surface area contributed by atoms with E-state index in [-0.39, 0.29) is 15.7 Å². The van der Waals surface area contributed by atoms with Gasteiger partial charge >= 0.3 is 0 Å². The van der Waals surface area contributed by atoms with Gasteiger partial charge in [0.05, 0.1) is 4.83 Å². The second kappa shape index (κ2) is 2.34. The summed E-state index contributed by atoms with van der Waals surface area (Å²) in [6.45, 7) is 4.37. The molecule has 2 heteroatoms. The number of fused-ring (bicyclic) bond motifs is 3. The van der Waals surface area contributed by atoms with Crippen LogP contribution in [0.1, 0.15) is 39.5 Å². The monoisotopic (exact) mass is 230 g/mol. The normalized spacial score (nSPS) is 52.9. The third-order valence-corrected chi connectivity index (χ3v) is 5.45. The van der Waals surface area contributed by atoms with E-state index in [9.17, 15) is 4.79 Å². The van der Waals surface area contributed by atoms with Crippen molar-refractivity contribution in [2.45, 2.75) is 44.4 Å². The molecule has 0 heterocycles. The number of carbonyl (C=O) groups is 1. The highest BCUT2D eigenvalue weighted by atomic mass is 79.9. The summed E-state index contributed by atoms with van der Waals surface area (Å²) >= 11 is 3.55. The molecule has 0 radical (unpaired) electrons. The van der Waals surface area contributed by atoms with Crippen LogP contribution in [0.2, 0.25) is 0 Å². The van der Waals surface area contributed by atoms with Crippen molar-refractivity contribution < 1.29 is 4.79 Å². The molecule has 0 spiro atoms. The van der Waals surface area contributed by atoms with Gasteiger partial charge in [-0.2, -0.15) is 0 Å². The van der Waals surface area contributed by atoms with Gasteiger partial charge in [0, 0.05) is 5.41 Å². The van der Waals surface area contributed by atoms with Crippen LogP contribution in [0.3, 0.4) is 0 Å². The highest BCUT2D eigenvalue weighted by Crippen LogP contribution is 2.56. The van der Waals surface area contributed by atoms with E-state index in [1.807, 2.05) is 0 Å². The Morgan fingerprint density at radius 2 is 1.75 bits per heavy atom. The van der Waals surface area contributed by atoms with Crippen molar-refractivity contribution in [3.63, 3.8) is 0 Å². The lowest BCUT2D eigenvalue weighted by Crippen LogP contribution is -2.53. The van der Waals surface area contributed by atoms with Gasteiger partial charge in [0.25, 0.3) is 0 Å². The molecule has 3 saturated carbocycles. The molecule has 12 heavy (non-hydrogen) atoms. The summed E-state index contributed by atoms with van der Waals surface area (Å²) in [7, 11) is 0. The van der Waals surface area contributed by atoms with E-state index in [0.29, 0.717) is 5.78 Å². The van der Waals surface area contributed by atoms with Gasteiger partial charge in [0.2, 0.25) is 0 Å². The predicted octanol–water partition coefficient (Wildman–Crippen LogP) is 2.92. The van der Waals surface area contributed by atoms with Crippen molar-refractivity contribution >= 4 is 21.7 Å². The van der Waals surface area contributed by atoms with E-state index in [0.717, 1.165) is 12.8 Å². The van der Waals surface area contributed by atoms with Crippen LogP contribution < -0.4 is 0 Å². The first-order valence-electron chi connectivity index (χ1n) is 4.66. The molecule has 0 aromatic rings. The zero-order valence-corrected chi connectivity index (χ0v) is 9.28. The number of rotatable bonds is 0. The van der Waals surface area contributed by atoms with Crippen LogP contribution >= 0.6 is 15.9 Å². The van der Waals surface area contributed by atoms with Gasteiger partial charge in [0.1, 0.15) is 0 Å². The first kappa shape index (κ1) is 8.74. The van der Waals surface area contributed by atoms with E-state index >= 15 is 0 Å². The van der Waals surface area contributed by atoms with Gasteiger partial charge < -0.3 is 0 Å². The smallest absolute Gasteiger partial charge is 0.152 e. The SMILES string of the molecule is CC12CCC(C)(CC1)C(Br)C2=O. The maximum Gasteiger partial charge on any atom is 0.152 e. The minimum Gasteiger partial charge on any atom is -0.298 e. The van der Waals surface area contributed by atoms with Gasteiger partial charge in [0.15, 0.2) is 5.78 Å². The molecule has 2 bridgehead atoms. The van der Waals surface area contributed by atoms with Crippen LogP contribution in [0.4, 0.5) is 0 Å². The van der Waals surface area contributed by atoms with E-state index in [1.54, 1.807) is 0 Å². The Morgan fingerprint density at radius 3 is 2.17 bits per heavy atom. The Bertz CT molecular complexity index is 226. The predicted molar refractivity (Wildman–Crippen MR) is 52.4 cm³/mol. The third-order valence-electron chi connectivity index (χ3n) is 3.93. The Balaban J connectivity index is 2.37. The minimum absolute atomic E-state index is 0.00588. The summed E-state index contributed by atoms with van der Waals surface area (Å²) < 4.78 is 0. The summed E-state index contributed by atoms with van der Waals surface area (Å²) in [5.74, 6) is 0.447. The number of hydrogen-bond acceptors (Lipinski definition) is 1. The average Bonchev–Trinajstić information content (AvgIpc) is 2.06. The zero-order chi connectivity index (χ0) is 8.98. The molecule has 3 fully saturated rings. The fourth-order valence-corrected chi connectivity index (χ4v) is 3.51. The first-order valence-corrected chi connectivity index (χ1v) is 5.58. The molecule has 3 rings (SSSR count). The van der Waals surface area contributed by atoms with E-state index < -0.39 is 0 Å². The second-order valence-corrected chi connectivity index (χ2v) is 5.86. The molecule has 68 valence electrons. The van der Waals surface area contributed by atoms with Crippen LogP contribution in [-0.2, 0) is 4.79 Å². The molecule has 1 atom stereocenters. The molecule has 1 unspecified atom stereocenters. The molecule has 1 nitrogen and oxygen atoms in total. The standard InChI is InChI=1S/C10H15BrO/c1-9-3-5-10(2,6-4-9)8(12)7(9)11/h7H,3-6H2,1-2H3. The largest absolute Gasteiger partial charge is 0.298 e. The Kier molecular flexibility index (Phi) is 1.70. The van der Waals surface area contributed by atoms with Gasteiger partial charge in [-0.3, -0.25) is 4.79 Å². The third kappa shape index (κ3) is 0.935. The number of alkyl halides is 1. The van der Waals surface area contributed by atoms with Crippen molar-refractivity contribution in [3.8, 4) is 0 Å². The fraction of sp³-hybridized carbons (Fsp3) is 0.900. The number of Topliss-reactive ketones (excluding diaryl/α,β-unsaturated/α-hetero) is 1. The molecular weight excluding hydrogens is 216 g/mol. The lowest BCUT2D eigenvalue weighted by molar-refractivity contribution is -0.139. The number of hydrogen-bond donors (Lipinski definition) is 0. The highest BCUT2D eigenvalue weighted by molar-refractivity contribution is 9.10. The van der Waals surface area contributed by atoms with E-state index in [1.165, 1.54) is 12.8 Å². The molecule has 0 aromatic carbocycles. The molecule has 0 aromatic heterocycles. The van der Waals surface area contributed by atoms with Crippen molar-refractivity contribution in [1.29, 1.82) is 0 Å². The average molecular weight is 231 g/mol. The van der Waals surface area contributed by atoms with Crippen LogP contribution in [-0.4, -0.2) is 10.6 Å². The van der Waals surface area contributed by atoms with Crippen LogP contribution in [0, 0.1) is 10.8 Å². The number of halogens is 1. The summed E-state index contributed by atoms with van der Waals surface area (Å²) in [5.41, 5.74) is 0.265. The topological polar surface area (TPSA) is 17.1 Å². The van der Waals surface area contributed by atoms with Gasteiger partial charge in [-0.1, -0.05) is 29.8 Å². The van der Waals surface area contributed by atoms with Crippen molar-refractivity contribution in [2.24, 2.45) is 10.8 Å². The lowest BCUT2D eigenvalue weighted by Gasteiger charge is -2.52. The zero-order valence-electron chi connectivity index (χ0n) is 7.69. The molecule has 3 aliphatic rings. The maximum atomic E-state index is 11.9. The Morgan fingerprint density at radius 1 is 1.25 bits per heavy atom. The van der Waals surface area contributed by atoms with Crippen LogP contribution in [0.15, 0.2) is 0 Å². The second-order valence-electron chi connectivity index (χ2n) is 4.94. The molecule has 0 N–H and O–H groups in total. The van der Waals surface area contributed by atoms with E-state index in [4.69, 9.17) is 0 Å². The summed E-state index contributed by atoms with van der Waals surface area (Å²) in [6.07, 6.45) is 4.63. The minimum atomic E-state index is 0.00588. The van der Waals surface area contributed by atoms with Crippen LogP contribution in [0.5, 0.6) is 0 Å². The summed E-state index contributed by atoms with van der Waals surface area (Å²) in [5, 5.41) is 0. The number of carbonyl (C=O) groups excluding carboxylic acids is 1. The quantitative estimate of drug-likeness (QED) is 0.586. The van der Waals surface area contributed by atoms with Gasteiger partial charge in [-0.15, -0.1) is 0 Å². The maximum absolute atomic E-state index is 11.9. The lowest BCUT2D eigenvalue weighted by atomic mass is 9.54. The summed E-state index contributed by atoms with van der Waals surface area (Å²) in [4.78, 5) is 12.0. The van der Waals surface area contributed by atoms with Crippen molar-refractivity contribution in [3.05, 3.63) is 0 Å². The van der Waals surface area contributed by atoms with Crippen LogP contribution in [0.25, 0.3) is 0 Å². The molecule has 0 saturated heterocycles. The number of ketones is 1. The van der Waals surface area contributed by atoms with Gasteiger partial charge in [-0.25, -0.2) is 0 Å². The highest BCUT2D eigenvalue weighted by Gasteiger charge is 2.54. The first-order chi connectivity index (χ1) is 5.48. The molecule has 3 aliphatic carbocycles. The van der Waals surface area contributed by atoms with E-state index in [2.05, 4.69) is 29.8 Å². The molecule has 0 amide bonds. The summed E-state index contributed by atoms with van der Waals surface area (Å²) in [6, 6.07) is 0. The van der Waals surface area contributed by atoms with Gasteiger partial charge in [-0.05, 0) is 31.1 Å². The molecular formula is C10H15BrO. The fourth-order valence-electron chi connectivity index (χ4n) is 2.50.